The van der Waals surface area contributed by atoms with Crippen LogP contribution >= 0.6 is 11.8 Å². The molecule has 4 heteroatoms. The molecule has 122 valence electrons. The number of methoxy groups -OCH3 is 1. The van der Waals surface area contributed by atoms with Gasteiger partial charge in [-0.05, 0) is 49.6 Å². The summed E-state index contributed by atoms with van der Waals surface area (Å²) in [6, 6.07) is 18.1. The van der Waals surface area contributed by atoms with E-state index in [1.807, 2.05) is 49.4 Å². The third kappa shape index (κ3) is 5.99. The van der Waals surface area contributed by atoms with Gasteiger partial charge in [0.05, 0.1) is 12.4 Å². The van der Waals surface area contributed by atoms with Gasteiger partial charge in [-0.2, -0.15) is 0 Å². The number of hydrogen-bond acceptors (Lipinski definition) is 3. The second-order valence-corrected chi connectivity index (χ2v) is 6.73. The zero-order chi connectivity index (χ0) is 16.5. The van der Waals surface area contributed by atoms with Gasteiger partial charge in [-0.15, -0.1) is 11.8 Å². The molecular formula is C19H23NO2S. The normalized spacial score (nSPS) is 11.7. The van der Waals surface area contributed by atoms with Gasteiger partial charge in [0.1, 0.15) is 5.75 Å². The fourth-order valence-corrected chi connectivity index (χ4v) is 3.10. The Bertz CT molecular complexity index is 599. The summed E-state index contributed by atoms with van der Waals surface area (Å²) in [6.07, 6.45) is 1.94. The standard InChI is InChI=1S/C19H23NO2S/c1-15(23-18-12-10-17(22-2)11-13-18)19(21)20-14-6-9-16-7-4-3-5-8-16/h3-5,7-8,10-13,15H,6,9,14H2,1-2H3,(H,20,21). The van der Waals surface area contributed by atoms with Crippen LogP contribution in [0.2, 0.25) is 0 Å². The van der Waals surface area contributed by atoms with Crippen molar-refractivity contribution in [3.05, 3.63) is 60.2 Å². The molecule has 1 unspecified atom stereocenters. The molecule has 0 aromatic heterocycles. The molecule has 0 saturated heterocycles. The summed E-state index contributed by atoms with van der Waals surface area (Å²) < 4.78 is 5.13. The smallest absolute Gasteiger partial charge is 0.233 e. The number of rotatable bonds is 8. The second-order valence-electron chi connectivity index (χ2n) is 5.32. The Morgan fingerprint density at radius 1 is 1.13 bits per heavy atom. The molecule has 0 bridgehead atoms. The van der Waals surface area contributed by atoms with E-state index < -0.39 is 0 Å². The molecule has 0 saturated carbocycles. The maximum atomic E-state index is 12.1. The molecule has 0 aliphatic heterocycles. The summed E-state index contributed by atoms with van der Waals surface area (Å²) in [5.41, 5.74) is 1.31. The van der Waals surface area contributed by atoms with Gasteiger partial charge in [-0.25, -0.2) is 0 Å². The molecule has 0 radical (unpaired) electrons. The highest BCUT2D eigenvalue weighted by Crippen LogP contribution is 2.25. The Labute approximate surface area is 142 Å². The molecule has 23 heavy (non-hydrogen) atoms. The van der Waals surface area contributed by atoms with Crippen molar-refractivity contribution in [3.8, 4) is 5.75 Å². The minimum absolute atomic E-state index is 0.0823. The third-order valence-electron chi connectivity index (χ3n) is 3.53. The first-order valence-corrected chi connectivity index (χ1v) is 8.69. The van der Waals surface area contributed by atoms with Crippen LogP contribution in [0.1, 0.15) is 18.9 Å². The minimum Gasteiger partial charge on any atom is -0.497 e. The number of carbonyl (C=O) groups excluding carboxylic acids is 1. The van der Waals surface area contributed by atoms with Crippen molar-refractivity contribution in [3.63, 3.8) is 0 Å². The van der Waals surface area contributed by atoms with Gasteiger partial charge in [0.15, 0.2) is 0 Å². The van der Waals surface area contributed by atoms with E-state index in [4.69, 9.17) is 4.74 Å². The largest absolute Gasteiger partial charge is 0.497 e. The lowest BCUT2D eigenvalue weighted by atomic mass is 10.1. The summed E-state index contributed by atoms with van der Waals surface area (Å²) >= 11 is 1.56. The molecule has 0 heterocycles. The van der Waals surface area contributed by atoms with E-state index in [1.165, 1.54) is 5.56 Å². The van der Waals surface area contributed by atoms with Crippen LogP contribution in [0, 0.1) is 0 Å². The maximum Gasteiger partial charge on any atom is 0.233 e. The number of carbonyl (C=O) groups is 1. The molecule has 0 aliphatic rings. The highest BCUT2D eigenvalue weighted by Gasteiger charge is 2.13. The van der Waals surface area contributed by atoms with Gasteiger partial charge >= 0.3 is 0 Å². The predicted molar refractivity (Wildman–Crippen MR) is 96.1 cm³/mol. The van der Waals surface area contributed by atoms with Crippen molar-refractivity contribution in [1.82, 2.24) is 5.32 Å². The molecule has 2 aromatic rings. The van der Waals surface area contributed by atoms with Gasteiger partial charge in [-0.3, -0.25) is 4.79 Å². The van der Waals surface area contributed by atoms with Gasteiger partial charge in [0.25, 0.3) is 0 Å². The number of thioether (sulfide) groups is 1. The van der Waals surface area contributed by atoms with Gasteiger partial charge in [0, 0.05) is 11.4 Å². The first-order valence-electron chi connectivity index (χ1n) is 7.81. The van der Waals surface area contributed by atoms with Crippen LogP contribution in [0.5, 0.6) is 5.75 Å². The molecule has 0 spiro atoms. The number of aryl methyl sites for hydroxylation is 1. The molecule has 1 N–H and O–H groups in total. The summed E-state index contributed by atoms with van der Waals surface area (Å²) in [5.74, 6) is 0.909. The van der Waals surface area contributed by atoms with Crippen LogP contribution in [0.4, 0.5) is 0 Å². The summed E-state index contributed by atoms with van der Waals surface area (Å²) in [4.78, 5) is 13.2. The topological polar surface area (TPSA) is 38.3 Å². The first kappa shape index (κ1) is 17.4. The minimum atomic E-state index is -0.111. The monoisotopic (exact) mass is 329 g/mol. The molecule has 0 fully saturated rings. The Kier molecular flexibility index (Phi) is 7.01. The first-order chi connectivity index (χ1) is 11.2. The summed E-state index contributed by atoms with van der Waals surface area (Å²) in [7, 11) is 1.65. The second kappa shape index (κ2) is 9.26. The average Bonchev–Trinajstić information content (AvgIpc) is 2.60. The van der Waals surface area contributed by atoms with E-state index in [0.29, 0.717) is 6.54 Å². The quantitative estimate of drug-likeness (QED) is 0.589. The summed E-state index contributed by atoms with van der Waals surface area (Å²) in [5, 5.41) is 2.90. The van der Waals surface area contributed by atoms with Gasteiger partial charge in [-0.1, -0.05) is 30.3 Å². The Balaban J connectivity index is 1.69. The lowest BCUT2D eigenvalue weighted by Crippen LogP contribution is -2.31. The highest BCUT2D eigenvalue weighted by atomic mass is 32.2. The number of hydrogen-bond donors (Lipinski definition) is 1. The van der Waals surface area contributed by atoms with E-state index >= 15 is 0 Å². The zero-order valence-electron chi connectivity index (χ0n) is 13.6. The predicted octanol–water partition coefficient (Wildman–Crippen LogP) is 3.92. The fraction of sp³-hybridized carbons (Fsp3) is 0.316. The van der Waals surface area contributed by atoms with Crippen LogP contribution in [0.15, 0.2) is 59.5 Å². The van der Waals surface area contributed by atoms with Crippen LogP contribution in [0.3, 0.4) is 0 Å². The van der Waals surface area contributed by atoms with Crippen molar-refractivity contribution in [1.29, 1.82) is 0 Å². The zero-order valence-corrected chi connectivity index (χ0v) is 14.4. The van der Waals surface area contributed by atoms with Gasteiger partial charge < -0.3 is 10.1 Å². The lowest BCUT2D eigenvalue weighted by molar-refractivity contribution is -0.120. The Hall–Kier alpha value is -1.94. The molecule has 1 amide bonds. The molecule has 1 atom stereocenters. The van der Waals surface area contributed by atoms with Crippen molar-refractivity contribution in [2.24, 2.45) is 0 Å². The molecule has 2 aromatic carbocycles. The van der Waals surface area contributed by atoms with Gasteiger partial charge in [0.2, 0.25) is 5.91 Å². The number of amides is 1. The molecule has 3 nitrogen and oxygen atoms in total. The Morgan fingerprint density at radius 3 is 2.48 bits per heavy atom. The van der Waals surface area contributed by atoms with E-state index in [9.17, 15) is 4.79 Å². The molecule has 0 aliphatic carbocycles. The van der Waals surface area contributed by atoms with E-state index in [2.05, 4.69) is 17.4 Å². The highest BCUT2D eigenvalue weighted by molar-refractivity contribution is 8.00. The van der Waals surface area contributed by atoms with Crippen LogP contribution in [0.25, 0.3) is 0 Å². The number of ether oxygens (including phenoxy) is 1. The van der Waals surface area contributed by atoms with Crippen molar-refractivity contribution >= 4 is 17.7 Å². The number of nitrogens with one attached hydrogen (secondary N) is 1. The van der Waals surface area contributed by atoms with Crippen LogP contribution in [-0.2, 0) is 11.2 Å². The van der Waals surface area contributed by atoms with Crippen molar-refractivity contribution < 1.29 is 9.53 Å². The van der Waals surface area contributed by atoms with E-state index in [1.54, 1.807) is 18.9 Å². The molecular weight excluding hydrogens is 306 g/mol. The number of benzene rings is 2. The SMILES string of the molecule is COc1ccc(SC(C)C(=O)NCCCc2ccccc2)cc1. The lowest BCUT2D eigenvalue weighted by Gasteiger charge is -2.12. The summed E-state index contributed by atoms with van der Waals surface area (Å²) in [6.45, 7) is 2.64. The van der Waals surface area contributed by atoms with E-state index in [-0.39, 0.29) is 11.2 Å². The van der Waals surface area contributed by atoms with E-state index in [0.717, 1.165) is 23.5 Å². The van der Waals surface area contributed by atoms with Crippen molar-refractivity contribution in [2.75, 3.05) is 13.7 Å². The average molecular weight is 329 g/mol. The van der Waals surface area contributed by atoms with Crippen LogP contribution in [-0.4, -0.2) is 24.8 Å². The molecule has 2 rings (SSSR count). The fourth-order valence-electron chi connectivity index (χ4n) is 2.20. The van der Waals surface area contributed by atoms with Crippen LogP contribution < -0.4 is 10.1 Å². The Morgan fingerprint density at radius 2 is 1.83 bits per heavy atom. The maximum absolute atomic E-state index is 12.1. The third-order valence-corrected chi connectivity index (χ3v) is 4.64. The van der Waals surface area contributed by atoms with Crippen molar-refractivity contribution in [2.45, 2.75) is 29.9 Å².